The molecule has 0 bridgehead atoms. The summed E-state index contributed by atoms with van der Waals surface area (Å²) >= 11 is 1.63. The van der Waals surface area contributed by atoms with Gasteiger partial charge in [0.25, 0.3) is 5.19 Å². The molecule has 1 aromatic carbocycles. The van der Waals surface area contributed by atoms with Gasteiger partial charge in [-0.3, -0.25) is 0 Å². The largest absolute Gasteiger partial charge is 0.467 e. The third-order valence-electron chi connectivity index (χ3n) is 2.54. The second kappa shape index (κ2) is 5.30. The summed E-state index contributed by atoms with van der Waals surface area (Å²) in [6.45, 7) is 4.31. The van der Waals surface area contributed by atoms with Gasteiger partial charge >= 0.3 is 0 Å². The number of ether oxygens (including phenoxy) is 1. The van der Waals surface area contributed by atoms with Gasteiger partial charge in [-0.25, -0.2) is 4.98 Å². The van der Waals surface area contributed by atoms with E-state index in [-0.39, 0.29) is 6.10 Å². The molecule has 0 radical (unpaired) electrons. The number of hydrogen-bond acceptors (Lipinski definition) is 3. The van der Waals surface area contributed by atoms with Crippen molar-refractivity contribution in [3.8, 4) is 5.19 Å². The van der Waals surface area contributed by atoms with E-state index in [4.69, 9.17) is 4.74 Å². The van der Waals surface area contributed by atoms with Crippen molar-refractivity contribution >= 4 is 21.6 Å². The van der Waals surface area contributed by atoms with Crippen molar-refractivity contribution in [2.24, 2.45) is 0 Å². The van der Waals surface area contributed by atoms with E-state index in [0.717, 1.165) is 17.1 Å². The van der Waals surface area contributed by atoms with E-state index in [0.29, 0.717) is 0 Å². The SMILES string of the molecule is CCCC[C@H](C)Oc1nc2ccccc2s1. The van der Waals surface area contributed by atoms with Gasteiger partial charge in [0.1, 0.15) is 0 Å². The molecule has 0 aliphatic rings. The summed E-state index contributed by atoms with van der Waals surface area (Å²) in [5.41, 5.74) is 1.03. The van der Waals surface area contributed by atoms with Crippen LogP contribution in [0.3, 0.4) is 0 Å². The van der Waals surface area contributed by atoms with E-state index in [9.17, 15) is 0 Å². The Labute approximate surface area is 100 Å². The lowest BCUT2D eigenvalue weighted by atomic mass is 10.2. The van der Waals surface area contributed by atoms with Crippen LogP contribution >= 0.6 is 11.3 Å². The molecule has 0 N–H and O–H groups in total. The van der Waals surface area contributed by atoms with Gasteiger partial charge in [-0.1, -0.05) is 43.2 Å². The molecule has 0 aliphatic heterocycles. The molecule has 2 rings (SSSR count). The van der Waals surface area contributed by atoms with Crippen molar-refractivity contribution in [3.63, 3.8) is 0 Å². The van der Waals surface area contributed by atoms with Crippen LogP contribution in [0.2, 0.25) is 0 Å². The number of nitrogens with zero attached hydrogens (tertiary/aromatic N) is 1. The van der Waals surface area contributed by atoms with Crippen LogP contribution in [0, 0.1) is 0 Å². The number of para-hydroxylation sites is 1. The Balaban J connectivity index is 2.03. The summed E-state index contributed by atoms with van der Waals surface area (Å²) in [5.74, 6) is 0. The van der Waals surface area contributed by atoms with Crippen LogP contribution in [0.15, 0.2) is 24.3 Å². The fraction of sp³-hybridized carbons (Fsp3) is 0.462. The zero-order chi connectivity index (χ0) is 11.4. The molecule has 0 spiro atoms. The van der Waals surface area contributed by atoms with E-state index in [1.165, 1.54) is 17.5 Å². The lowest BCUT2D eigenvalue weighted by Gasteiger charge is -2.10. The summed E-state index contributed by atoms with van der Waals surface area (Å²) in [7, 11) is 0. The van der Waals surface area contributed by atoms with E-state index >= 15 is 0 Å². The van der Waals surface area contributed by atoms with Gasteiger partial charge < -0.3 is 4.74 Å². The molecule has 0 fully saturated rings. The van der Waals surface area contributed by atoms with Gasteiger partial charge in [-0.2, -0.15) is 0 Å². The predicted molar refractivity (Wildman–Crippen MR) is 69.2 cm³/mol. The number of thiazole rings is 1. The van der Waals surface area contributed by atoms with Crippen LogP contribution < -0.4 is 4.74 Å². The molecule has 0 unspecified atom stereocenters. The molecule has 0 saturated heterocycles. The zero-order valence-corrected chi connectivity index (χ0v) is 10.6. The van der Waals surface area contributed by atoms with Crippen molar-refractivity contribution in [1.82, 2.24) is 4.98 Å². The normalized spacial score (nSPS) is 12.9. The van der Waals surface area contributed by atoms with Gasteiger partial charge in [-0.05, 0) is 25.5 Å². The highest BCUT2D eigenvalue weighted by Crippen LogP contribution is 2.28. The van der Waals surface area contributed by atoms with E-state index in [1.54, 1.807) is 11.3 Å². The topological polar surface area (TPSA) is 22.1 Å². The number of aromatic nitrogens is 1. The lowest BCUT2D eigenvalue weighted by molar-refractivity contribution is 0.207. The number of rotatable bonds is 5. The molecule has 0 aliphatic carbocycles. The summed E-state index contributed by atoms with van der Waals surface area (Å²) in [5, 5.41) is 0.796. The standard InChI is InChI=1S/C13H17NOS/c1-3-4-7-10(2)15-13-14-11-8-5-6-9-12(11)16-13/h5-6,8-10H,3-4,7H2,1-2H3/t10-/m0/s1. The maximum Gasteiger partial charge on any atom is 0.274 e. The second-order valence-corrected chi connectivity index (χ2v) is 5.01. The van der Waals surface area contributed by atoms with Crippen LogP contribution in [0.25, 0.3) is 10.2 Å². The molecule has 16 heavy (non-hydrogen) atoms. The maximum absolute atomic E-state index is 5.81. The minimum absolute atomic E-state index is 0.264. The first-order chi connectivity index (χ1) is 7.79. The number of fused-ring (bicyclic) bond motifs is 1. The number of unbranched alkanes of at least 4 members (excludes halogenated alkanes) is 1. The lowest BCUT2D eigenvalue weighted by Crippen LogP contribution is -2.10. The average Bonchev–Trinajstić information content (AvgIpc) is 2.68. The van der Waals surface area contributed by atoms with Crippen molar-refractivity contribution < 1.29 is 4.74 Å². The minimum Gasteiger partial charge on any atom is -0.467 e. The Morgan fingerprint density at radius 3 is 2.94 bits per heavy atom. The summed E-state index contributed by atoms with van der Waals surface area (Å²) in [4.78, 5) is 4.46. The van der Waals surface area contributed by atoms with Crippen molar-refractivity contribution in [2.75, 3.05) is 0 Å². The predicted octanol–water partition coefficient (Wildman–Crippen LogP) is 4.25. The van der Waals surface area contributed by atoms with Gasteiger partial charge in [0.05, 0.1) is 16.3 Å². The maximum atomic E-state index is 5.81. The summed E-state index contributed by atoms with van der Waals surface area (Å²) in [6.07, 6.45) is 3.80. The second-order valence-electron chi connectivity index (χ2n) is 4.02. The molecule has 1 heterocycles. The first kappa shape index (κ1) is 11.4. The average molecular weight is 235 g/mol. The van der Waals surface area contributed by atoms with Crippen molar-refractivity contribution in [1.29, 1.82) is 0 Å². The summed E-state index contributed by atoms with van der Waals surface area (Å²) in [6, 6.07) is 8.14. The fourth-order valence-corrected chi connectivity index (χ4v) is 2.53. The van der Waals surface area contributed by atoms with Gasteiger partial charge in [0.15, 0.2) is 0 Å². The Morgan fingerprint density at radius 2 is 2.19 bits per heavy atom. The molecular formula is C13H17NOS. The van der Waals surface area contributed by atoms with Gasteiger partial charge in [0.2, 0.25) is 0 Å². The summed E-state index contributed by atoms with van der Waals surface area (Å²) < 4.78 is 7.00. The van der Waals surface area contributed by atoms with Crippen LogP contribution in [0.4, 0.5) is 0 Å². The smallest absolute Gasteiger partial charge is 0.274 e. The molecule has 0 saturated carbocycles. The highest BCUT2D eigenvalue weighted by atomic mass is 32.1. The van der Waals surface area contributed by atoms with Crippen LogP contribution in [0.1, 0.15) is 33.1 Å². The van der Waals surface area contributed by atoms with Crippen LogP contribution in [-0.2, 0) is 0 Å². The van der Waals surface area contributed by atoms with Crippen LogP contribution in [0.5, 0.6) is 5.19 Å². The molecule has 1 atom stereocenters. The fourth-order valence-electron chi connectivity index (χ4n) is 1.62. The molecule has 1 aromatic heterocycles. The van der Waals surface area contributed by atoms with Crippen molar-refractivity contribution in [3.05, 3.63) is 24.3 Å². The van der Waals surface area contributed by atoms with Crippen molar-refractivity contribution in [2.45, 2.75) is 39.2 Å². The Hall–Kier alpha value is -1.09. The van der Waals surface area contributed by atoms with E-state index < -0.39 is 0 Å². The first-order valence-electron chi connectivity index (χ1n) is 5.82. The molecule has 2 nitrogen and oxygen atoms in total. The Morgan fingerprint density at radius 1 is 1.38 bits per heavy atom. The Bertz CT molecular complexity index is 419. The minimum atomic E-state index is 0.264. The van der Waals surface area contributed by atoms with Gasteiger partial charge in [-0.15, -0.1) is 0 Å². The highest BCUT2D eigenvalue weighted by molar-refractivity contribution is 7.20. The third kappa shape index (κ3) is 2.73. The quantitative estimate of drug-likeness (QED) is 0.772. The molecule has 3 heteroatoms. The van der Waals surface area contributed by atoms with E-state index in [1.807, 2.05) is 18.2 Å². The third-order valence-corrected chi connectivity index (χ3v) is 3.47. The number of hydrogen-bond donors (Lipinski definition) is 0. The van der Waals surface area contributed by atoms with E-state index in [2.05, 4.69) is 24.9 Å². The number of benzene rings is 1. The zero-order valence-electron chi connectivity index (χ0n) is 9.77. The van der Waals surface area contributed by atoms with Gasteiger partial charge in [0, 0.05) is 0 Å². The molecule has 86 valence electrons. The molecule has 0 amide bonds. The monoisotopic (exact) mass is 235 g/mol. The van der Waals surface area contributed by atoms with Crippen LogP contribution in [-0.4, -0.2) is 11.1 Å². The molecule has 2 aromatic rings. The highest BCUT2D eigenvalue weighted by Gasteiger charge is 2.08. The Kier molecular flexibility index (Phi) is 3.78. The first-order valence-corrected chi connectivity index (χ1v) is 6.63. The molecular weight excluding hydrogens is 218 g/mol.